The van der Waals surface area contributed by atoms with Crippen molar-refractivity contribution < 1.29 is 4.74 Å². The molecule has 7 heteroatoms. The first-order chi connectivity index (χ1) is 9.93. The molecule has 1 unspecified atom stereocenters. The molecule has 0 radical (unpaired) electrons. The normalized spacial score (nSPS) is 20.0. The first kappa shape index (κ1) is 14.9. The van der Waals surface area contributed by atoms with E-state index in [1.54, 1.807) is 11.3 Å². The van der Waals surface area contributed by atoms with E-state index in [1.807, 2.05) is 6.92 Å². The third kappa shape index (κ3) is 3.25. The summed E-state index contributed by atoms with van der Waals surface area (Å²) in [6.07, 6.45) is 0.0411. The predicted molar refractivity (Wildman–Crippen MR) is 86.4 cm³/mol. The van der Waals surface area contributed by atoms with Gasteiger partial charge in [0.2, 0.25) is 5.13 Å². The Morgan fingerprint density at radius 1 is 1.33 bits per heavy atom. The van der Waals surface area contributed by atoms with Crippen LogP contribution in [0.3, 0.4) is 0 Å². The van der Waals surface area contributed by atoms with Crippen molar-refractivity contribution in [3.63, 3.8) is 0 Å². The Balaban J connectivity index is 1.75. The number of rotatable bonds is 2. The monoisotopic (exact) mass is 324 g/mol. The van der Waals surface area contributed by atoms with Crippen LogP contribution in [-0.4, -0.2) is 34.0 Å². The molecule has 114 valence electrons. The topological polar surface area (TPSA) is 51.1 Å². The van der Waals surface area contributed by atoms with Gasteiger partial charge in [0.1, 0.15) is 16.9 Å². The Bertz CT molecular complexity index is 617. The lowest BCUT2D eigenvalue weighted by molar-refractivity contribution is 0.0395. The van der Waals surface area contributed by atoms with Crippen LogP contribution < -0.4 is 4.90 Å². The fraction of sp³-hybridized carbons (Fsp3) is 0.643. The van der Waals surface area contributed by atoms with Crippen molar-refractivity contribution in [2.24, 2.45) is 0 Å². The maximum atomic E-state index is 5.87. The molecule has 1 saturated heterocycles. The molecule has 21 heavy (non-hydrogen) atoms. The van der Waals surface area contributed by atoms with Crippen molar-refractivity contribution >= 4 is 28.0 Å². The van der Waals surface area contributed by atoms with Crippen molar-refractivity contribution in [3.8, 4) is 0 Å². The van der Waals surface area contributed by atoms with E-state index in [2.05, 4.69) is 40.4 Å². The number of thiazole rings is 1. The summed E-state index contributed by atoms with van der Waals surface area (Å²) in [5, 5.41) is 4.11. The van der Waals surface area contributed by atoms with Crippen molar-refractivity contribution in [1.29, 1.82) is 0 Å². The molecule has 2 aromatic rings. The number of anilines is 1. The molecule has 0 amide bonds. The van der Waals surface area contributed by atoms with Gasteiger partial charge in [0, 0.05) is 34.6 Å². The fourth-order valence-electron chi connectivity index (χ4n) is 2.14. The molecule has 0 aliphatic carbocycles. The zero-order valence-corrected chi connectivity index (χ0v) is 14.4. The molecule has 0 N–H and O–H groups in total. The Labute approximate surface area is 133 Å². The number of nitrogens with zero attached hydrogens (tertiary/aromatic N) is 4. The lowest BCUT2D eigenvalue weighted by Gasteiger charge is -2.31. The zero-order chi connectivity index (χ0) is 15.0. The summed E-state index contributed by atoms with van der Waals surface area (Å²) in [5.41, 5.74) is 1.05. The van der Waals surface area contributed by atoms with E-state index in [4.69, 9.17) is 9.72 Å². The Morgan fingerprint density at radius 2 is 2.14 bits per heavy atom. The smallest absolute Gasteiger partial charge is 0.205 e. The van der Waals surface area contributed by atoms with E-state index in [0.29, 0.717) is 6.61 Å². The highest BCUT2D eigenvalue weighted by atomic mass is 32.1. The second-order valence-electron chi connectivity index (χ2n) is 6.28. The van der Waals surface area contributed by atoms with E-state index in [-0.39, 0.29) is 11.5 Å². The minimum absolute atomic E-state index is 0.00709. The summed E-state index contributed by atoms with van der Waals surface area (Å²) in [7, 11) is 0. The average Bonchev–Trinajstić information content (AvgIpc) is 3.07. The van der Waals surface area contributed by atoms with Crippen LogP contribution in [0.2, 0.25) is 0 Å². The van der Waals surface area contributed by atoms with Gasteiger partial charge in [0.25, 0.3) is 0 Å². The predicted octanol–water partition coefficient (Wildman–Crippen LogP) is 3.18. The minimum Gasteiger partial charge on any atom is -0.367 e. The molecule has 1 aliphatic heterocycles. The zero-order valence-electron chi connectivity index (χ0n) is 12.8. The number of hydrogen-bond donors (Lipinski definition) is 0. The van der Waals surface area contributed by atoms with Crippen LogP contribution >= 0.6 is 22.9 Å². The molecule has 2 aromatic heterocycles. The molecular weight excluding hydrogens is 304 g/mol. The lowest BCUT2D eigenvalue weighted by Crippen LogP contribution is -2.38. The molecule has 0 aromatic carbocycles. The van der Waals surface area contributed by atoms with Crippen LogP contribution in [-0.2, 0) is 10.2 Å². The van der Waals surface area contributed by atoms with Gasteiger partial charge in [-0.05, 0) is 6.92 Å². The van der Waals surface area contributed by atoms with E-state index >= 15 is 0 Å². The van der Waals surface area contributed by atoms with Crippen LogP contribution in [0.1, 0.15) is 43.4 Å². The maximum Gasteiger partial charge on any atom is 0.205 e. The molecule has 0 saturated carbocycles. The van der Waals surface area contributed by atoms with Crippen LogP contribution in [0.15, 0.2) is 5.38 Å². The van der Waals surface area contributed by atoms with Crippen LogP contribution in [0.5, 0.6) is 0 Å². The number of aryl methyl sites for hydroxylation is 1. The van der Waals surface area contributed by atoms with Crippen LogP contribution in [0.25, 0.3) is 0 Å². The van der Waals surface area contributed by atoms with Gasteiger partial charge in [-0.15, -0.1) is 11.3 Å². The van der Waals surface area contributed by atoms with Gasteiger partial charge in [0.05, 0.1) is 13.2 Å². The molecule has 3 rings (SSSR count). The standard InChI is InChI=1S/C14H20N4OS2/c1-9-8-20-11(15-9)10-7-18(5-6-19-10)13-16-12(17-21-13)14(2,3)4/h8,10H,5-7H2,1-4H3. The third-order valence-corrected chi connectivity index (χ3v) is 5.17. The third-order valence-electron chi connectivity index (χ3n) is 3.34. The van der Waals surface area contributed by atoms with Crippen molar-refractivity contribution in [1.82, 2.24) is 14.3 Å². The second-order valence-corrected chi connectivity index (χ2v) is 7.90. The first-order valence-electron chi connectivity index (χ1n) is 7.06. The molecule has 0 bridgehead atoms. The highest BCUT2D eigenvalue weighted by Crippen LogP contribution is 2.30. The Morgan fingerprint density at radius 3 is 2.76 bits per heavy atom. The number of morpholine rings is 1. The second kappa shape index (κ2) is 5.62. The van der Waals surface area contributed by atoms with E-state index < -0.39 is 0 Å². The fourth-order valence-corrected chi connectivity index (χ4v) is 3.87. The molecule has 5 nitrogen and oxygen atoms in total. The quantitative estimate of drug-likeness (QED) is 0.849. The summed E-state index contributed by atoms with van der Waals surface area (Å²) in [5.74, 6) is 0.913. The molecule has 1 fully saturated rings. The van der Waals surface area contributed by atoms with Gasteiger partial charge in [-0.1, -0.05) is 20.8 Å². The van der Waals surface area contributed by atoms with Crippen molar-refractivity contribution in [3.05, 3.63) is 21.9 Å². The average molecular weight is 324 g/mol. The van der Waals surface area contributed by atoms with Gasteiger partial charge in [-0.25, -0.2) is 9.97 Å². The van der Waals surface area contributed by atoms with Gasteiger partial charge >= 0.3 is 0 Å². The summed E-state index contributed by atoms with van der Waals surface area (Å²) in [4.78, 5) is 11.5. The lowest BCUT2D eigenvalue weighted by atomic mass is 9.96. The minimum atomic E-state index is -0.00709. The van der Waals surface area contributed by atoms with E-state index in [1.165, 1.54) is 11.5 Å². The van der Waals surface area contributed by atoms with E-state index in [0.717, 1.165) is 34.7 Å². The molecule has 0 spiro atoms. The van der Waals surface area contributed by atoms with Crippen LogP contribution in [0.4, 0.5) is 5.13 Å². The van der Waals surface area contributed by atoms with Crippen molar-refractivity contribution in [2.45, 2.75) is 39.2 Å². The summed E-state index contributed by atoms with van der Waals surface area (Å²) < 4.78 is 10.4. The van der Waals surface area contributed by atoms with Crippen LogP contribution in [0, 0.1) is 6.92 Å². The number of ether oxygens (including phenoxy) is 1. The SMILES string of the molecule is Cc1csc(C2CN(c3nc(C(C)(C)C)ns3)CCO2)n1. The molecular formula is C14H20N4OS2. The van der Waals surface area contributed by atoms with Gasteiger partial charge in [0.15, 0.2) is 0 Å². The highest BCUT2D eigenvalue weighted by Gasteiger charge is 2.28. The number of hydrogen-bond acceptors (Lipinski definition) is 7. The van der Waals surface area contributed by atoms with E-state index in [9.17, 15) is 0 Å². The first-order valence-corrected chi connectivity index (χ1v) is 8.71. The van der Waals surface area contributed by atoms with Gasteiger partial charge < -0.3 is 9.64 Å². The van der Waals surface area contributed by atoms with Gasteiger partial charge in [-0.2, -0.15) is 4.37 Å². The summed E-state index contributed by atoms with van der Waals surface area (Å²) in [6, 6.07) is 0. The molecule has 3 heterocycles. The summed E-state index contributed by atoms with van der Waals surface area (Å²) >= 11 is 3.14. The molecule has 1 aliphatic rings. The maximum absolute atomic E-state index is 5.87. The number of aromatic nitrogens is 3. The summed E-state index contributed by atoms with van der Waals surface area (Å²) in [6.45, 7) is 10.8. The molecule has 1 atom stereocenters. The van der Waals surface area contributed by atoms with Gasteiger partial charge in [-0.3, -0.25) is 0 Å². The highest BCUT2D eigenvalue weighted by molar-refractivity contribution is 7.10. The Kier molecular flexibility index (Phi) is 3.98. The Hall–Kier alpha value is -1.05. The van der Waals surface area contributed by atoms with Crippen molar-refractivity contribution in [2.75, 3.05) is 24.6 Å². The largest absolute Gasteiger partial charge is 0.367 e.